The van der Waals surface area contributed by atoms with E-state index in [1.165, 1.54) is 0 Å². The smallest absolute Gasteiger partial charge is 0.308 e. The van der Waals surface area contributed by atoms with Crippen LogP contribution in [0.15, 0.2) is 0 Å². The van der Waals surface area contributed by atoms with E-state index in [-0.39, 0.29) is 5.92 Å². The first kappa shape index (κ1) is 7.45. The standard InChI is InChI=1S/C6H10O5/c7-4-3-1-2-10-5(3)11-6(4,8)9/h3-5,7-9H,1-2H2. The topological polar surface area (TPSA) is 79.2 Å². The molecule has 2 saturated heterocycles. The zero-order valence-corrected chi connectivity index (χ0v) is 5.80. The van der Waals surface area contributed by atoms with Crippen LogP contribution in [0.1, 0.15) is 6.42 Å². The lowest BCUT2D eigenvalue weighted by atomic mass is 10.0. The molecular weight excluding hydrogens is 152 g/mol. The summed E-state index contributed by atoms with van der Waals surface area (Å²) in [6, 6.07) is 0. The molecule has 3 atom stereocenters. The van der Waals surface area contributed by atoms with Crippen molar-refractivity contribution >= 4 is 0 Å². The van der Waals surface area contributed by atoms with Crippen LogP contribution in [0.4, 0.5) is 0 Å². The molecule has 0 aromatic heterocycles. The first-order valence-electron chi connectivity index (χ1n) is 3.53. The van der Waals surface area contributed by atoms with E-state index >= 15 is 0 Å². The van der Waals surface area contributed by atoms with Gasteiger partial charge in [0.15, 0.2) is 6.29 Å². The summed E-state index contributed by atoms with van der Waals surface area (Å²) in [6.45, 7) is 0.502. The van der Waals surface area contributed by atoms with Crippen molar-refractivity contribution in [3.63, 3.8) is 0 Å². The Morgan fingerprint density at radius 3 is 2.73 bits per heavy atom. The number of fused-ring (bicyclic) bond motifs is 1. The molecule has 2 heterocycles. The van der Waals surface area contributed by atoms with Crippen molar-refractivity contribution in [2.75, 3.05) is 6.61 Å². The highest BCUT2D eigenvalue weighted by molar-refractivity contribution is 4.88. The van der Waals surface area contributed by atoms with Crippen LogP contribution in [0, 0.1) is 5.92 Å². The molecule has 0 aliphatic carbocycles. The molecule has 0 radical (unpaired) electrons. The van der Waals surface area contributed by atoms with Gasteiger partial charge in [0.05, 0.1) is 6.61 Å². The molecule has 3 unspecified atom stereocenters. The summed E-state index contributed by atoms with van der Waals surface area (Å²) >= 11 is 0. The van der Waals surface area contributed by atoms with Gasteiger partial charge in [-0.3, -0.25) is 4.74 Å². The highest BCUT2D eigenvalue weighted by Gasteiger charge is 2.55. The molecule has 5 heteroatoms. The van der Waals surface area contributed by atoms with Crippen molar-refractivity contribution < 1.29 is 24.8 Å². The molecule has 0 bridgehead atoms. The third-order valence-electron chi connectivity index (χ3n) is 2.16. The summed E-state index contributed by atoms with van der Waals surface area (Å²) < 4.78 is 9.60. The molecule has 11 heavy (non-hydrogen) atoms. The SMILES string of the molecule is OC1C2CCOC2OC1(O)O. The second-order valence-corrected chi connectivity index (χ2v) is 2.91. The Kier molecular flexibility index (Phi) is 1.45. The Bertz CT molecular complexity index is 168. The monoisotopic (exact) mass is 162 g/mol. The van der Waals surface area contributed by atoms with Crippen molar-refractivity contribution in [2.45, 2.75) is 24.8 Å². The van der Waals surface area contributed by atoms with Crippen LogP contribution >= 0.6 is 0 Å². The van der Waals surface area contributed by atoms with Gasteiger partial charge < -0.3 is 20.1 Å². The van der Waals surface area contributed by atoms with Gasteiger partial charge in [-0.25, -0.2) is 0 Å². The van der Waals surface area contributed by atoms with Crippen LogP contribution in [0.3, 0.4) is 0 Å². The van der Waals surface area contributed by atoms with Crippen LogP contribution in [0.2, 0.25) is 0 Å². The summed E-state index contributed by atoms with van der Waals surface area (Å²) in [5.41, 5.74) is 0. The number of aliphatic hydroxyl groups excluding tert-OH is 1. The number of aliphatic hydroxyl groups is 3. The van der Waals surface area contributed by atoms with Crippen LogP contribution in [0.25, 0.3) is 0 Å². The molecule has 2 fully saturated rings. The Hall–Kier alpha value is -0.200. The predicted octanol–water partition coefficient (Wildman–Crippen LogP) is -1.62. The first-order valence-corrected chi connectivity index (χ1v) is 3.53. The molecule has 64 valence electrons. The summed E-state index contributed by atoms with van der Waals surface area (Å²) in [6.07, 6.45) is -1.30. The largest absolute Gasteiger partial charge is 0.384 e. The van der Waals surface area contributed by atoms with Crippen molar-refractivity contribution in [1.82, 2.24) is 0 Å². The number of hydrogen-bond acceptors (Lipinski definition) is 5. The second-order valence-electron chi connectivity index (χ2n) is 2.91. The average molecular weight is 162 g/mol. The van der Waals surface area contributed by atoms with Crippen LogP contribution in [-0.2, 0) is 9.47 Å². The number of hydrogen-bond donors (Lipinski definition) is 3. The Balaban J connectivity index is 2.17. The Morgan fingerprint density at radius 1 is 1.36 bits per heavy atom. The van der Waals surface area contributed by atoms with E-state index in [4.69, 9.17) is 14.9 Å². The maximum absolute atomic E-state index is 9.22. The lowest BCUT2D eigenvalue weighted by Crippen LogP contribution is -2.41. The third kappa shape index (κ3) is 0.969. The predicted molar refractivity (Wildman–Crippen MR) is 32.1 cm³/mol. The van der Waals surface area contributed by atoms with Crippen LogP contribution in [0.5, 0.6) is 0 Å². The minimum absolute atomic E-state index is 0.301. The van der Waals surface area contributed by atoms with Gasteiger partial charge in [-0.1, -0.05) is 0 Å². The lowest BCUT2D eigenvalue weighted by Gasteiger charge is -2.19. The highest BCUT2D eigenvalue weighted by atomic mass is 16.8. The molecule has 0 amide bonds. The molecule has 0 spiro atoms. The maximum atomic E-state index is 9.22. The third-order valence-corrected chi connectivity index (χ3v) is 2.16. The first-order chi connectivity index (χ1) is 5.11. The normalized spacial score (nSPS) is 47.7. The van der Waals surface area contributed by atoms with E-state index in [9.17, 15) is 5.11 Å². The number of ether oxygens (including phenoxy) is 2. The van der Waals surface area contributed by atoms with Gasteiger partial charge in [0.2, 0.25) is 0 Å². The molecule has 0 aromatic rings. The van der Waals surface area contributed by atoms with E-state index in [0.29, 0.717) is 13.0 Å². The molecule has 3 N–H and O–H groups in total. The zero-order chi connectivity index (χ0) is 8.06. The molecule has 0 aromatic carbocycles. The van der Waals surface area contributed by atoms with Gasteiger partial charge in [0.1, 0.15) is 6.10 Å². The van der Waals surface area contributed by atoms with Crippen molar-refractivity contribution in [3.8, 4) is 0 Å². The Morgan fingerprint density at radius 2 is 2.09 bits per heavy atom. The summed E-state index contributed by atoms with van der Waals surface area (Å²) in [7, 11) is 0. The minimum Gasteiger partial charge on any atom is -0.384 e. The van der Waals surface area contributed by atoms with E-state index in [1.54, 1.807) is 0 Å². The second kappa shape index (κ2) is 2.15. The average Bonchev–Trinajstić information content (AvgIpc) is 2.39. The van der Waals surface area contributed by atoms with Gasteiger partial charge in [-0.05, 0) is 6.42 Å². The van der Waals surface area contributed by atoms with Crippen molar-refractivity contribution in [1.29, 1.82) is 0 Å². The molecule has 2 aliphatic heterocycles. The fourth-order valence-corrected chi connectivity index (χ4v) is 1.53. The fraction of sp³-hybridized carbons (Fsp3) is 1.00. The van der Waals surface area contributed by atoms with Crippen molar-refractivity contribution in [3.05, 3.63) is 0 Å². The molecule has 0 saturated carbocycles. The summed E-state index contributed by atoms with van der Waals surface area (Å²) in [5.74, 6) is -2.72. The van der Waals surface area contributed by atoms with Gasteiger partial charge in [0.25, 0.3) is 0 Å². The van der Waals surface area contributed by atoms with Gasteiger partial charge in [-0.2, -0.15) is 0 Å². The fourth-order valence-electron chi connectivity index (χ4n) is 1.53. The van der Waals surface area contributed by atoms with Crippen molar-refractivity contribution in [2.24, 2.45) is 5.92 Å². The van der Waals surface area contributed by atoms with Gasteiger partial charge in [-0.15, -0.1) is 0 Å². The van der Waals surface area contributed by atoms with E-state index in [0.717, 1.165) is 0 Å². The molecule has 2 rings (SSSR count). The van der Waals surface area contributed by atoms with E-state index < -0.39 is 18.4 Å². The quantitative estimate of drug-likeness (QED) is 0.373. The van der Waals surface area contributed by atoms with Crippen LogP contribution < -0.4 is 0 Å². The molecule has 2 aliphatic rings. The maximum Gasteiger partial charge on any atom is 0.308 e. The molecular formula is C6H10O5. The summed E-state index contributed by atoms with van der Waals surface area (Å²) in [5, 5.41) is 27.2. The Labute approximate surface area is 63.2 Å². The summed E-state index contributed by atoms with van der Waals surface area (Å²) in [4.78, 5) is 0. The van der Waals surface area contributed by atoms with E-state index in [1.807, 2.05) is 0 Å². The zero-order valence-electron chi connectivity index (χ0n) is 5.80. The van der Waals surface area contributed by atoms with E-state index in [2.05, 4.69) is 4.74 Å². The lowest BCUT2D eigenvalue weighted by molar-refractivity contribution is -0.373. The van der Waals surface area contributed by atoms with Crippen LogP contribution in [-0.4, -0.2) is 40.3 Å². The van der Waals surface area contributed by atoms with Gasteiger partial charge >= 0.3 is 5.97 Å². The highest BCUT2D eigenvalue weighted by Crippen LogP contribution is 2.38. The molecule has 5 nitrogen and oxygen atoms in total. The number of rotatable bonds is 0. The minimum atomic E-state index is -2.42. The van der Waals surface area contributed by atoms with Gasteiger partial charge in [0, 0.05) is 5.92 Å².